The number of hydrogen-bond donors (Lipinski definition) is 3. The zero-order chi connectivity index (χ0) is 35.6. The normalized spacial score (nSPS) is 16.2. The number of carbonyl (C=O) groups is 2. The van der Waals surface area contributed by atoms with E-state index in [0.29, 0.717) is 53.3 Å². The lowest BCUT2D eigenvalue weighted by Crippen LogP contribution is -2.25. The van der Waals surface area contributed by atoms with Gasteiger partial charge in [-0.1, -0.05) is 18.6 Å². The Kier molecular flexibility index (Phi) is 10.1. The first-order chi connectivity index (χ1) is 24.0. The highest BCUT2D eigenvalue weighted by Gasteiger charge is 2.32. The lowest BCUT2D eigenvalue weighted by atomic mass is 9.86. The molecule has 11 nitrogen and oxygen atoms in total. The standard InChI is InChI=1S/C35H32F3IN6O5/c1-49-25-11-10-22(27(16-25)50-2)17-41-32-29-30(44-45(31(29)26(39)18-42-32)24-5-3-4-21(14-24)34(47)48)19-6-8-20(9-7-19)33(46)43-28-15-23(12-13-40-28)35(36,37)38/h6-13,15-16,18,21,24H,3-5,14,17H2,1-2H3,(H,41,42)(H,47,48)(H,40,43,46)/t21-,24-/m1/s1. The number of rotatable bonds is 10. The van der Waals surface area contributed by atoms with Crippen LogP contribution in [-0.4, -0.2) is 51.0 Å². The predicted octanol–water partition coefficient (Wildman–Crippen LogP) is 7.81. The van der Waals surface area contributed by atoms with Crippen molar-refractivity contribution in [3.05, 3.63) is 87.3 Å². The highest BCUT2D eigenvalue weighted by molar-refractivity contribution is 14.1. The monoisotopic (exact) mass is 800 g/mol. The van der Waals surface area contributed by atoms with E-state index in [1.54, 1.807) is 50.7 Å². The number of carboxylic acids is 1. The summed E-state index contributed by atoms with van der Waals surface area (Å²) in [5.41, 5.74) is 2.16. The summed E-state index contributed by atoms with van der Waals surface area (Å²) in [7, 11) is 3.16. The van der Waals surface area contributed by atoms with Crippen molar-refractivity contribution >= 4 is 57.0 Å². The van der Waals surface area contributed by atoms with Crippen LogP contribution < -0.4 is 20.1 Å². The molecule has 0 radical (unpaired) electrons. The van der Waals surface area contributed by atoms with Crippen LogP contribution in [0.25, 0.3) is 22.2 Å². The summed E-state index contributed by atoms with van der Waals surface area (Å²) in [4.78, 5) is 33.5. The molecule has 1 aliphatic carbocycles. The number of anilines is 2. The Hall–Kier alpha value is -4.93. The van der Waals surface area contributed by atoms with Crippen LogP contribution >= 0.6 is 22.6 Å². The Morgan fingerprint density at radius 2 is 1.82 bits per heavy atom. The first-order valence-electron chi connectivity index (χ1n) is 15.7. The van der Waals surface area contributed by atoms with E-state index in [1.807, 2.05) is 16.8 Å². The van der Waals surface area contributed by atoms with Crippen LogP contribution in [0.15, 0.2) is 67.0 Å². The van der Waals surface area contributed by atoms with Crippen LogP contribution in [0.5, 0.6) is 11.5 Å². The van der Waals surface area contributed by atoms with Crippen molar-refractivity contribution in [2.75, 3.05) is 24.9 Å². The number of aliphatic carboxylic acids is 1. The SMILES string of the molecule is COc1ccc(CNc2ncc(I)c3c2c(-c2ccc(C(=O)Nc4cc(C(F)(F)F)ccn4)cc2)nn3[C@@H]2CCC[C@@H](C(=O)O)C2)c(OC)c1. The van der Waals surface area contributed by atoms with Gasteiger partial charge in [0.05, 0.1) is 46.2 Å². The van der Waals surface area contributed by atoms with E-state index < -0.39 is 29.5 Å². The molecule has 1 amide bonds. The highest BCUT2D eigenvalue weighted by atomic mass is 127. The van der Waals surface area contributed by atoms with E-state index in [-0.39, 0.29) is 17.4 Å². The molecule has 3 N–H and O–H groups in total. The zero-order valence-electron chi connectivity index (χ0n) is 26.9. The number of amides is 1. The molecule has 0 bridgehead atoms. The molecule has 3 aromatic heterocycles. The summed E-state index contributed by atoms with van der Waals surface area (Å²) in [6.07, 6.45) is 0.680. The molecule has 50 heavy (non-hydrogen) atoms. The first-order valence-corrected chi connectivity index (χ1v) is 16.7. The third kappa shape index (κ3) is 7.32. The Morgan fingerprint density at radius 3 is 2.52 bits per heavy atom. The van der Waals surface area contributed by atoms with Crippen LogP contribution in [0.2, 0.25) is 0 Å². The Morgan fingerprint density at radius 1 is 1.04 bits per heavy atom. The summed E-state index contributed by atoms with van der Waals surface area (Å²) in [6, 6.07) is 13.5. The van der Waals surface area contributed by atoms with Crippen molar-refractivity contribution in [1.29, 1.82) is 0 Å². The molecule has 2 aromatic carbocycles. The van der Waals surface area contributed by atoms with Crippen molar-refractivity contribution in [2.24, 2.45) is 5.92 Å². The first kappa shape index (κ1) is 34.9. The summed E-state index contributed by atoms with van der Waals surface area (Å²) in [5, 5.41) is 21.5. The van der Waals surface area contributed by atoms with Gasteiger partial charge in [0.1, 0.15) is 28.8 Å². The number of fused-ring (bicyclic) bond motifs is 1. The fraction of sp³-hybridized carbons (Fsp3) is 0.286. The third-order valence-corrected chi connectivity index (χ3v) is 9.50. The maximum Gasteiger partial charge on any atom is 0.416 e. The average molecular weight is 801 g/mol. The molecule has 0 aliphatic heterocycles. The number of pyridine rings is 2. The Labute approximate surface area is 298 Å². The predicted molar refractivity (Wildman–Crippen MR) is 188 cm³/mol. The van der Waals surface area contributed by atoms with Crippen LogP contribution in [0.3, 0.4) is 0 Å². The second-order valence-electron chi connectivity index (χ2n) is 11.8. The maximum absolute atomic E-state index is 13.2. The molecule has 260 valence electrons. The largest absolute Gasteiger partial charge is 0.497 e. The van der Waals surface area contributed by atoms with Gasteiger partial charge in [0.15, 0.2) is 0 Å². The molecule has 2 atom stereocenters. The van der Waals surface area contributed by atoms with Gasteiger partial charge in [-0.15, -0.1) is 0 Å². The molecular weight excluding hydrogens is 768 g/mol. The van der Waals surface area contributed by atoms with Crippen molar-refractivity contribution in [1.82, 2.24) is 19.7 Å². The van der Waals surface area contributed by atoms with E-state index in [9.17, 15) is 27.9 Å². The molecule has 0 spiro atoms. The number of halogens is 4. The number of benzene rings is 2. The minimum atomic E-state index is -4.58. The quantitative estimate of drug-likeness (QED) is 0.121. The van der Waals surface area contributed by atoms with Gasteiger partial charge in [-0.05, 0) is 78.3 Å². The number of aromatic nitrogens is 4. The fourth-order valence-electron chi connectivity index (χ4n) is 6.17. The van der Waals surface area contributed by atoms with Crippen LogP contribution in [-0.2, 0) is 17.5 Å². The molecule has 3 heterocycles. The number of methoxy groups -OCH3 is 2. The van der Waals surface area contributed by atoms with Gasteiger partial charge in [-0.3, -0.25) is 14.3 Å². The molecule has 6 rings (SSSR count). The summed E-state index contributed by atoms with van der Waals surface area (Å²) in [6.45, 7) is 0.355. The Bertz CT molecular complexity index is 2050. The number of alkyl halides is 3. The van der Waals surface area contributed by atoms with Crippen molar-refractivity contribution < 1.29 is 37.3 Å². The summed E-state index contributed by atoms with van der Waals surface area (Å²) in [5.74, 6) is -0.344. The molecule has 0 unspecified atom stereocenters. The van der Waals surface area contributed by atoms with Gasteiger partial charge < -0.3 is 25.2 Å². The molecule has 0 saturated heterocycles. The van der Waals surface area contributed by atoms with Gasteiger partial charge in [-0.25, -0.2) is 9.97 Å². The molecule has 15 heteroatoms. The Balaban J connectivity index is 1.37. The van der Waals surface area contributed by atoms with Gasteiger partial charge in [0.25, 0.3) is 5.91 Å². The number of ether oxygens (including phenoxy) is 2. The van der Waals surface area contributed by atoms with Crippen molar-refractivity contribution in [3.63, 3.8) is 0 Å². The van der Waals surface area contributed by atoms with E-state index in [2.05, 4.69) is 38.2 Å². The summed E-state index contributed by atoms with van der Waals surface area (Å²) < 4.78 is 53.2. The van der Waals surface area contributed by atoms with Crippen LogP contribution in [0, 0.1) is 9.49 Å². The second-order valence-corrected chi connectivity index (χ2v) is 13.0. The van der Waals surface area contributed by atoms with E-state index in [0.717, 1.165) is 45.8 Å². The van der Waals surface area contributed by atoms with E-state index >= 15 is 0 Å². The highest BCUT2D eigenvalue weighted by Crippen LogP contribution is 2.41. The minimum Gasteiger partial charge on any atom is -0.497 e. The number of nitrogens with one attached hydrogen (secondary N) is 2. The molecular formula is C35H32F3IN6O5. The zero-order valence-corrected chi connectivity index (χ0v) is 29.1. The van der Waals surface area contributed by atoms with Gasteiger partial charge >= 0.3 is 12.1 Å². The number of nitrogens with zero attached hydrogens (tertiary/aromatic N) is 4. The number of carboxylic acid groups (broad SMARTS) is 1. The van der Waals surface area contributed by atoms with Gasteiger partial charge in [0, 0.05) is 41.7 Å². The van der Waals surface area contributed by atoms with Crippen molar-refractivity contribution in [3.8, 4) is 22.8 Å². The smallest absolute Gasteiger partial charge is 0.416 e. The van der Waals surface area contributed by atoms with Crippen LogP contribution in [0.4, 0.5) is 24.8 Å². The fourth-order valence-corrected chi connectivity index (χ4v) is 6.82. The molecule has 1 aliphatic rings. The lowest BCUT2D eigenvalue weighted by molar-refractivity contribution is -0.143. The molecule has 1 saturated carbocycles. The molecule has 1 fully saturated rings. The average Bonchev–Trinajstić information content (AvgIpc) is 3.53. The van der Waals surface area contributed by atoms with Crippen molar-refractivity contribution in [2.45, 2.75) is 44.4 Å². The van der Waals surface area contributed by atoms with E-state index in [1.165, 1.54) is 0 Å². The second kappa shape index (κ2) is 14.5. The summed E-state index contributed by atoms with van der Waals surface area (Å²) >= 11 is 2.21. The van der Waals surface area contributed by atoms with E-state index in [4.69, 9.17) is 19.6 Å². The van der Waals surface area contributed by atoms with Gasteiger partial charge in [-0.2, -0.15) is 18.3 Å². The lowest BCUT2D eigenvalue weighted by Gasteiger charge is -2.27. The van der Waals surface area contributed by atoms with Crippen LogP contribution in [0.1, 0.15) is 53.2 Å². The maximum atomic E-state index is 13.2. The molecule has 5 aromatic rings. The minimum absolute atomic E-state index is 0.170. The number of hydrogen-bond acceptors (Lipinski definition) is 8. The third-order valence-electron chi connectivity index (χ3n) is 8.71. The van der Waals surface area contributed by atoms with Gasteiger partial charge in [0.2, 0.25) is 0 Å². The topological polar surface area (TPSA) is 140 Å². The number of carbonyl (C=O) groups excluding carboxylic acids is 1.